The molecule has 1 aromatic heterocycles. The first-order valence-electron chi connectivity index (χ1n) is 6.87. The largest absolute Gasteiger partial charge is 0.331 e. The lowest BCUT2D eigenvalue weighted by atomic mass is 10.1. The number of benzene rings is 2. The molecular weight excluding hydrogens is 310 g/mol. The Balaban J connectivity index is 1.72. The summed E-state index contributed by atoms with van der Waals surface area (Å²) in [5.41, 5.74) is 4.78. The molecule has 0 spiro atoms. The van der Waals surface area contributed by atoms with Crippen LogP contribution in [0.25, 0.3) is 10.8 Å². The summed E-state index contributed by atoms with van der Waals surface area (Å²) < 4.78 is 0. The number of thiocarbonyl (C=S) groups is 1. The quantitative estimate of drug-likeness (QED) is 0.419. The zero-order valence-corrected chi connectivity index (χ0v) is 13.7. The molecule has 0 bridgehead atoms. The van der Waals surface area contributed by atoms with E-state index in [2.05, 4.69) is 34.0 Å². The summed E-state index contributed by atoms with van der Waals surface area (Å²) in [4.78, 5) is 1.13. The average Bonchev–Trinajstić information content (AvgIpc) is 3.07. The van der Waals surface area contributed by atoms with Crippen LogP contribution >= 0.6 is 23.6 Å². The maximum absolute atomic E-state index is 5.32. The predicted molar refractivity (Wildman–Crippen MR) is 99.8 cm³/mol. The van der Waals surface area contributed by atoms with Gasteiger partial charge in [0.1, 0.15) is 0 Å². The second-order valence-corrected chi connectivity index (χ2v) is 6.12. The molecule has 0 amide bonds. The van der Waals surface area contributed by atoms with E-state index in [0.29, 0.717) is 5.11 Å². The van der Waals surface area contributed by atoms with Gasteiger partial charge < -0.3 is 5.32 Å². The molecular formula is C17H15N3S2. The Labute approximate surface area is 138 Å². The number of nitrogens with one attached hydrogen (secondary N) is 2. The zero-order valence-electron chi connectivity index (χ0n) is 12.0. The van der Waals surface area contributed by atoms with Crippen molar-refractivity contribution in [1.29, 1.82) is 0 Å². The minimum atomic E-state index is 0.479. The third-order valence-electron chi connectivity index (χ3n) is 3.24. The molecule has 0 unspecified atom stereocenters. The van der Waals surface area contributed by atoms with E-state index in [1.807, 2.05) is 48.7 Å². The normalized spacial score (nSPS) is 11.4. The Hall–Kier alpha value is -2.24. The molecule has 0 aliphatic carbocycles. The highest BCUT2D eigenvalue weighted by atomic mass is 32.1. The average molecular weight is 325 g/mol. The molecule has 110 valence electrons. The number of rotatable bonds is 3. The van der Waals surface area contributed by atoms with E-state index in [1.54, 1.807) is 11.3 Å². The molecule has 3 rings (SSSR count). The highest BCUT2D eigenvalue weighted by Gasteiger charge is 2.03. The monoisotopic (exact) mass is 325 g/mol. The summed E-state index contributed by atoms with van der Waals surface area (Å²) in [7, 11) is 0. The Morgan fingerprint density at radius 1 is 1.05 bits per heavy atom. The van der Waals surface area contributed by atoms with Crippen LogP contribution in [0.3, 0.4) is 0 Å². The zero-order chi connectivity index (χ0) is 15.4. The topological polar surface area (TPSA) is 36.4 Å². The Bertz CT molecular complexity index is 818. The minimum Gasteiger partial charge on any atom is -0.331 e. The molecule has 2 aromatic carbocycles. The molecule has 0 atom stereocenters. The molecule has 0 fully saturated rings. The maximum atomic E-state index is 5.32. The second kappa shape index (κ2) is 6.68. The summed E-state index contributed by atoms with van der Waals surface area (Å²) >= 11 is 6.97. The van der Waals surface area contributed by atoms with E-state index in [4.69, 9.17) is 12.2 Å². The Morgan fingerprint density at radius 2 is 1.86 bits per heavy atom. The third kappa shape index (κ3) is 3.32. The van der Waals surface area contributed by atoms with Crippen LogP contribution in [0, 0.1) is 0 Å². The van der Waals surface area contributed by atoms with Crippen LogP contribution in [0.15, 0.2) is 65.1 Å². The lowest BCUT2D eigenvalue weighted by molar-refractivity contribution is 1.04. The van der Waals surface area contributed by atoms with Gasteiger partial charge in [0.05, 0.1) is 5.71 Å². The molecule has 0 saturated carbocycles. The number of anilines is 1. The van der Waals surface area contributed by atoms with Gasteiger partial charge in [0.15, 0.2) is 5.11 Å². The van der Waals surface area contributed by atoms with Crippen molar-refractivity contribution in [3.8, 4) is 0 Å². The van der Waals surface area contributed by atoms with Gasteiger partial charge in [-0.25, -0.2) is 0 Å². The van der Waals surface area contributed by atoms with Gasteiger partial charge in [-0.05, 0) is 42.0 Å². The fraction of sp³-hybridized carbons (Fsp3) is 0.0588. The summed E-state index contributed by atoms with van der Waals surface area (Å²) in [6.07, 6.45) is 0. The van der Waals surface area contributed by atoms with Crippen LogP contribution in [-0.2, 0) is 0 Å². The standard InChI is InChI=1S/C17H15N3S2/c1-12(16-10-5-11-22-16)19-20-17(21)18-15-9-4-7-13-6-2-3-8-14(13)15/h2-11H,1H3,(H2,18,20,21)/b19-12-. The first-order valence-corrected chi connectivity index (χ1v) is 8.16. The lowest BCUT2D eigenvalue weighted by Crippen LogP contribution is -2.24. The number of thiophene rings is 1. The molecule has 22 heavy (non-hydrogen) atoms. The first kappa shape index (κ1) is 14.7. The van der Waals surface area contributed by atoms with E-state index >= 15 is 0 Å². The van der Waals surface area contributed by atoms with Gasteiger partial charge in [-0.15, -0.1) is 11.3 Å². The molecule has 0 radical (unpaired) electrons. The highest BCUT2D eigenvalue weighted by molar-refractivity contribution is 7.80. The van der Waals surface area contributed by atoms with Gasteiger partial charge in [-0.3, -0.25) is 5.43 Å². The summed E-state index contributed by atoms with van der Waals surface area (Å²) in [5.74, 6) is 0. The van der Waals surface area contributed by atoms with Crippen molar-refractivity contribution in [3.63, 3.8) is 0 Å². The van der Waals surface area contributed by atoms with Crippen molar-refractivity contribution in [3.05, 3.63) is 64.9 Å². The van der Waals surface area contributed by atoms with Crippen molar-refractivity contribution < 1.29 is 0 Å². The van der Waals surface area contributed by atoms with Gasteiger partial charge in [-0.1, -0.05) is 42.5 Å². The third-order valence-corrected chi connectivity index (χ3v) is 4.41. The molecule has 2 N–H and O–H groups in total. The summed E-state index contributed by atoms with van der Waals surface area (Å²) in [6, 6.07) is 18.3. The predicted octanol–water partition coefficient (Wildman–Crippen LogP) is 4.61. The van der Waals surface area contributed by atoms with Crippen LogP contribution in [0.5, 0.6) is 0 Å². The highest BCUT2D eigenvalue weighted by Crippen LogP contribution is 2.22. The smallest absolute Gasteiger partial charge is 0.191 e. The number of hydrazone groups is 1. The number of hydrogen-bond acceptors (Lipinski definition) is 3. The molecule has 3 aromatic rings. The number of fused-ring (bicyclic) bond motifs is 1. The van der Waals surface area contributed by atoms with Crippen molar-refractivity contribution in [2.45, 2.75) is 6.92 Å². The molecule has 1 heterocycles. The summed E-state index contributed by atoms with van der Waals surface area (Å²) in [5, 5.41) is 12.3. The maximum Gasteiger partial charge on any atom is 0.191 e. The van der Waals surface area contributed by atoms with E-state index in [-0.39, 0.29) is 0 Å². The van der Waals surface area contributed by atoms with Crippen LogP contribution in [0.1, 0.15) is 11.8 Å². The molecule has 3 nitrogen and oxygen atoms in total. The first-order chi connectivity index (χ1) is 10.7. The summed E-state index contributed by atoms with van der Waals surface area (Å²) in [6.45, 7) is 1.96. The SMILES string of the molecule is C/C(=N/NC(=S)Nc1cccc2ccccc12)c1cccs1. The fourth-order valence-electron chi connectivity index (χ4n) is 2.16. The van der Waals surface area contributed by atoms with Crippen molar-refractivity contribution >= 4 is 50.8 Å². The minimum absolute atomic E-state index is 0.479. The molecule has 0 aliphatic heterocycles. The van der Waals surface area contributed by atoms with Gasteiger partial charge in [-0.2, -0.15) is 5.10 Å². The van der Waals surface area contributed by atoms with Crippen molar-refractivity contribution in [2.24, 2.45) is 5.10 Å². The van der Waals surface area contributed by atoms with Crippen LogP contribution in [0.4, 0.5) is 5.69 Å². The molecule has 5 heteroatoms. The van der Waals surface area contributed by atoms with E-state index in [1.165, 1.54) is 5.39 Å². The van der Waals surface area contributed by atoms with Crippen LogP contribution < -0.4 is 10.7 Å². The van der Waals surface area contributed by atoms with Gasteiger partial charge in [0.2, 0.25) is 0 Å². The second-order valence-electron chi connectivity index (χ2n) is 4.77. The van der Waals surface area contributed by atoms with E-state index < -0.39 is 0 Å². The van der Waals surface area contributed by atoms with Gasteiger partial charge >= 0.3 is 0 Å². The molecule has 0 saturated heterocycles. The van der Waals surface area contributed by atoms with Crippen LogP contribution in [0.2, 0.25) is 0 Å². The van der Waals surface area contributed by atoms with Crippen molar-refractivity contribution in [1.82, 2.24) is 5.43 Å². The lowest BCUT2D eigenvalue weighted by Gasteiger charge is -2.10. The van der Waals surface area contributed by atoms with Crippen molar-refractivity contribution in [2.75, 3.05) is 5.32 Å². The Kier molecular flexibility index (Phi) is 4.46. The fourth-order valence-corrected chi connectivity index (χ4v) is 2.99. The number of hydrogen-bond donors (Lipinski definition) is 2. The van der Waals surface area contributed by atoms with E-state index in [9.17, 15) is 0 Å². The van der Waals surface area contributed by atoms with Gasteiger partial charge in [0, 0.05) is 16.0 Å². The Morgan fingerprint density at radius 3 is 2.68 bits per heavy atom. The number of nitrogens with zero attached hydrogens (tertiary/aromatic N) is 1. The van der Waals surface area contributed by atoms with Crippen LogP contribution in [-0.4, -0.2) is 10.8 Å². The van der Waals surface area contributed by atoms with E-state index in [0.717, 1.165) is 21.7 Å². The molecule has 0 aliphatic rings. The van der Waals surface area contributed by atoms with Gasteiger partial charge in [0.25, 0.3) is 0 Å².